The van der Waals surface area contributed by atoms with Gasteiger partial charge in [0.1, 0.15) is 0 Å². The molecule has 17 heavy (non-hydrogen) atoms. The van der Waals surface area contributed by atoms with Crippen molar-refractivity contribution in [1.29, 1.82) is 5.41 Å². The van der Waals surface area contributed by atoms with Crippen LogP contribution in [0.25, 0.3) is 0 Å². The molecule has 1 amide bonds. The molecule has 0 saturated heterocycles. The molecule has 1 aromatic carbocycles. The molecule has 0 saturated carbocycles. The molecular weight excluding hydrogens is 267 g/mol. The van der Waals surface area contributed by atoms with Gasteiger partial charge in [-0.3, -0.25) is 10.2 Å². The summed E-state index contributed by atoms with van der Waals surface area (Å²) in [7, 11) is 0. The minimum Gasteiger partial charge on any atom is -0.476 e. The molecule has 0 aliphatic heterocycles. The van der Waals surface area contributed by atoms with E-state index in [1.807, 2.05) is 0 Å². The zero-order valence-corrected chi connectivity index (χ0v) is 10.2. The second kappa shape index (κ2) is 5.16. The summed E-state index contributed by atoms with van der Waals surface area (Å²) in [5.74, 6) is -2.61. The Labute approximate surface area is 107 Å². The number of amides is 1. The van der Waals surface area contributed by atoms with E-state index in [4.69, 9.17) is 33.7 Å². The van der Waals surface area contributed by atoms with Gasteiger partial charge in [0.25, 0.3) is 5.91 Å². The van der Waals surface area contributed by atoms with Crippen LogP contribution in [0.15, 0.2) is 12.1 Å². The number of benzene rings is 1. The Hall–Kier alpha value is -1.59. The average Bonchev–Trinajstić information content (AvgIpc) is 2.24. The van der Waals surface area contributed by atoms with Gasteiger partial charge in [-0.2, -0.15) is 0 Å². The number of carbonyl (C=O) groups is 2. The zero-order chi connectivity index (χ0) is 13.2. The molecule has 0 bridgehead atoms. The maximum Gasteiger partial charge on any atom is 0.359 e. The molecule has 0 unspecified atom stereocenters. The largest absolute Gasteiger partial charge is 0.476 e. The Balaban J connectivity index is 2.97. The second-order valence-electron chi connectivity index (χ2n) is 3.22. The maximum atomic E-state index is 11.3. The van der Waals surface area contributed by atoms with E-state index >= 15 is 0 Å². The minimum atomic E-state index is -1.60. The number of aryl methyl sites for hydroxylation is 1. The third-order valence-electron chi connectivity index (χ3n) is 1.96. The lowest BCUT2D eigenvalue weighted by Crippen LogP contribution is -2.29. The minimum absolute atomic E-state index is 0.231. The van der Waals surface area contributed by atoms with Crippen LogP contribution < -0.4 is 5.32 Å². The Kier molecular flexibility index (Phi) is 4.09. The highest BCUT2D eigenvalue weighted by atomic mass is 35.5. The molecule has 1 rings (SSSR count). The zero-order valence-electron chi connectivity index (χ0n) is 8.67. The van der Waals surface area contributed by atoms with E-state index in [9.17, 15) is 9.59 Å². The number of hydrogen-bond donors (Lipinski definition) is 3. The fourth-order valence-electron chi connectivity index (χ4n) is 1.06. The van der Waals surface area contributed by atoms with Crippen LogP contribution in [0.1, 0.15) is 5.56 Å². The lowest BCUT2D eigenvalue weighted by Gasteiger charge is -2.09. The Morgan fingerprint density at radius 1 is 1.29 bits per heavy atom. The van der Waals surface area contributed by atoms with Crippen molar-refractivity contribution in [1.82, 2.24) is 0 Å². The molecule has 0 fully saturated rings. The molecule has 3 N–H and O–H groups in total. The lowest BCUT2D eigenvalue weighted by atomic mass is 10.2. The van der Waals surface area contributed by atoms with E-state index in [0.717, 1.165) is 0 Å². The van der Waals surface area contributed by atoms with Crippen LogP contribution in [-0.2, 0) is 9.59 Å². The fourth-order valence-corrected chi connectivity index (χ4v) is 1.44. The van der Waals surface area contributed by atoms with Crippen LogP contribution in [0.5, 0.6) is 0 Å². The maximum absolute atomic E-state index is 11.3. The smallest absolute Gasteiger partial charge is 0.359 e. The number of aliphatic carboxylic acids is 1. The van der Waals surface area contributed by atoms with Crippen molar-refractivity contribution in [3.8, 4) is 0 Å². The van der Waals surface area contributed by atoms with Crippen LogP contribution >= 0.6 is 23.2 Å². The molecule has 5 nitrogen and oxygen atoms in total. The predicted octanol–water partition coefficient (Wildman–Crippen LogP) is 2.34. The van der Waals surface area contributed by atoms with Crippen LogP contribution in [0.3, 0.4) is 0 Å². The van der Waals surface area contributed by atoms with Gasteiger partial charge in [-0.15, -0.1) is 0 Å². The topological polar surface area (TPSA) is 90.3 Å². The summed E-state index contributed by atoms with van der Waals surface area (Å²) in [6, 6.07) is 2.93. The number of halogens is 2. The van der Waals surface area contributed by atoms with Crippen LogP contribution in [0.2, 0.25) is 10.0 Å². The summed E-state index contributed by atoms with van der Waals surface area (Å²) in [4.78, 5) is 21.7. The van der Waals surface area contributed by atoms with E-state index in [1.165, 1.54) is 12.1 Å². The summed E-state index contributed by atoms with van der Waals surface area (Å²) >= 11 is 11.5. The first-order valence-corrected chi connectivity index (χ1v) is 5.17. The van der Waals surface area contributed by atoms with Gasteiger partial charge in [-0.05, 0) is 24.6 Å². The third-order valence-corrected chi connectivity index (χ3v) is 2.68. The van der Waals surface area contributed by atoms with Gasteiger partial charge >= 0.3 is 5.97 Å². The fraction of sp³-hybridized carbons (Fsp3) is 0.100. The van der Waals surface area contributed by atoms with Gasteiger partial charge in [0, 0.05) is 5.69 Å². The van der Waals surface area contributed by atoms with Crippen molar-refractivity contribution in [3.63, 3.8) is 0 Å². The van der Waals surface area contributed by atoms with Crippen molar-refractivity contribution in [2.45, 2.75) is 6.92 Å². The molecule has 0 spiro atoms. The first kappa shape index (κ1) is 13.5. The highest BCUT2D eigenvalue weighted by molar-refractivity contribution is 6.64. The summed E-state index contributed by atoms with van der Waals surface area (Å²) in [5.41, 5.74) is -0.114. The van der Waals surface area contributed by atoms with Crippen molar-refractivity contribution in [2.24, 2.45) is 0 Å². The van der Waals surface area contributed by atoms with Gasteiger partial charge in [0.15, 0.2) is 0 Å². The molecule has 90 valence electrons. The van der Waals surface area contributed by atoms with Crippen molar-refractivity contribution < 1.29 is 14.7 Å². The predicted molar refractivity (Wildman–Crippen MR) is 65.2 cm³/mol. The van der Waals surface area contributed by atoms with Crippen LogP contribution in [0, 0.1) is 12.3 Å². The molecule has 0 atom stereocenters. The van der Waals surface area contributed by atoms with Crippen LogP contribution in [-0.4, -0.2) is 22.7 Å². The first-order valence-electron chi connectivity index (χ1n) is 4.41. The highest BCUT2D eigenvalue weighted by Crippen LogP contribution is 2.28. The molecule has 7 heteroatoms. The Morgan fingerprint density at radius 2 is 1.82 bits per heavy atom. The quantitative estimate of drug-likeness (QED) is 0.584. The molecule has 0 aromatic heterocycles. The van der Waals surface area contributed by atoms with Gasteiger partial charge in [-0.25, -0.2) is 4.79 Å². The third kappa shape index (κ3) is 3.18. The standard InChI is InChI=1S/C10H8Cl2N2O3/c1-4-2-5(11)6(12)3-7(4)14-9(15)8(13)10(16)17/h2-3,13H,1H3,(H,14,15)(H,16,17). The number of rotatable bonds is 3. The van der Waals surface area contributed by atoms with Gasteiger partial charge in [0.2, 0.25) is 5.71 Å². The monoisotopic (exact) mass is 274 g/mol. The van der Waals surface area contributed by atoms with E-state index in [2.05, 4.69) is 5.32 Å². The van der Waals surface area contributed by atoms with Gasteiger partial charge in [0.05, 0.1) is 10.0 Å². The normalized spacial score (nSPS) is 9.82. The molecule has 0 aliphatic rings. The van der Waals surface area contributed by atoms with E-state index < -0.39 is 17.6 Å². The van der Waals surface area contributed by atoms with E-state index in [0.29, 0.717) is 16.3 Å². The molecular formula is C10H8Cl2N2O3. The Morgan fingerprint density at radius 3 is 2.35 bits per heavy atom. The number of carboxylic acids is 1. The summed E-state index contributed by atoms with van der Waals surface area (Å²) < 4.78 is 0. The Bertz CT molecular complexity index is 515. The number of carboxylic acid groups (broad SMARTS) is 1. The first-order chi connectivity index (χ1) is 7.82. The highest BCUT2D eigenvalue weighted by Gasteiger charge is 2.18. The second-order valence-corrected chi connectivity index (χ2v) is 4.03. The number of anilines is 1. The number of nitrogens with one attached hydrogen (secondary N) is 2. The summed E-state index contributed by atoms with van der Waals surface area (Å²) in [5, 5.41) is 18.3. The van der Waals surface area contributed by atoms with Gasteiger partial charge < -0.3 is 10.4 Å². The van der Waals surface area contributed by atoms with E-state index in [-0.39, 0.29) is 5.02 Å². The van der Waals surface area contributed by atoms with Crippen LogP contribution in [0.4, 0.5) is 5.69 Å². The van der Waals surface area contributed by atoms with Crippen molar-refractivity contribution in [3.05, 3.63) is 27.7 Å². The summed E-state index contributed by atoms with van der Waals surface area (Å²) in [6.07, 6.45) is 0. The van der Waals surface area contributed by atoms with Crippen molar-refractivity contribution in [2.75, 3.05) is 5.32 Å². The molecule has 1 aromatic rings. The average molecular weight is 275 g/mol. The molecule has 0 heterocycles. The van der Waals surface area contributed by atoms with Crippen molar-refractivity contribution >= 4 is 46.5 Å². The SMILES string of the molecule is Cc1cc(Cl)c(Cl)cc1NC(=O)C(=N)C(=O)O. The van der Waals surface area contributed by atoms with E-state index in [1.54, 1.807) is 6.92 Å². The number of carbonyl (C=O) groups excluding carboxylic acids is 1. The lowest BCUT2D eigenvalue weighted by molar-refractivity contribution is -0.130. The molecule has 0 radical (unpaired) electrons. The molecule has 0 aliphatic carbocycles. The summed E-state index contributed by atoms with van der Waals surface area (Å²) in [6.45, 7) is 1.67. The van der Waals surface area contributed by atoms with Gasteiger partial charge in [-0.1, -0.05) is 23.2 Å². The number of hydrogen-bond acceptors (Lipinski definition) is 3.